The average molecular weight is 710 g/mol. The smallest absolute Gasteiger partial charge is 0.404 e. The standard InChI is InChI=1S/C34H33NO8P2S2/c1-36-27-18-8-12-22-31(27)40-44(46,41-32-23-13-9-19-28(32)37-2)35(26-16-6-5-7-17-26)45(47,42-33-24-14-10-20-29(33)38-3)43-34-25-15-11-21-30(34)39-4/h5-25H,1-4H3. The Morgan fingerprint density at radius 3 is 0.851 bits per heavy atom. The summed E-state index contributed by atoms with van der Waals surface area (Å²) in [5.74, 6) is 3.03. The van der Waals surface area contributed by atoms with Gasteiger partial charge in [-0.2, -0.15) is 4.44 Å². The molecule has 0 bridgehead atoms. The monoisotopic (exact) mass is 709 g/mol. The first-order valence-corrected chi connectivity index (χ1v) is 19.4. The van der Waals surface area contributed by atoms with Crippen molar-refractivity contribution >= 4 is 42.6 Å². The number of nitrogens with zero attached hydrogens (tertiary/aromatic N) is 1. The fourth-order valence-electron chi connectivity index (χ4n) is 4.44. The third-order valence-corrected chi connectivity index (χ3v) is 13.7. The Labute approximate surface area is 284 Å². The molecule has 0 spiro atoms. The minimum absolute atomic E-state index is 0.324. The number of hydrogen-bond acceptors (Lipinski definition) is 10. The lowest BCUT2D eigenvalue weighted by Gasteiger charge is -2.40. The summed E-state index contributed by atoms with van der Waals surface area (Å²) in [5.41, 5.74) is 0.522. The van der Waals surface area contributed by atoms with Gasteiger partial charge < -0.3 is 37.0 Å². The molecule has 5 rings (SSSR count). The number of benzene rings is 5. The lowest BCUT2D eigenvalue weighted by atomic mass is 10.3. The van der Waals surface area contributed by atoms with E-state index in [1.807, 2.05) is 54.6 Å². The van der Waals surface area contributed by atoms with Crippen LogP contribution in [0, 0.1) is 0 Å². The molecular formula is C34H33NO8P2S2. The Morgan fingerprint density at radius 1 is 0.362 bits per heavy atom. The Kier molecular flexibility index (Phi) is 11.2. The van der Waals surface area contributed by atoms with Crippen molar-refractivity contribution in [3.05, 3.63) is 127 Å². The quantitative estimate of drug-likeness (QED) is 0.0977. The lowest BCUT2D eigenvalue weighted by molar-refractivity contribution is 0.373. The molecule has 0 aromatic heterocycles. The maximum atomic E-state index is 6.77. The fraction of sp³-hybridized carbons (Fsp3) is 0.118. The summed E-state index contributed by atoms with van der Waals surface area (Å²) in [6.07, 6.45) is 0. The molecule has 5 aromatic carbocycles. The lowest BCUT2D eigenvalue weighted by Crippen LogP contribution is -2.28. The van der Waals surface area contributed by atoms with E-state index in [0.717, 1.165) is 0 Å². The van der Waals surface area contributed by atoms with Crippen molar-refractivity contribution in [1.29, 1.82) is 0 Å². The molecule has 5 aromatic rings. The van der Waals surface area contributed by atoms with E-state index in [0.29, 0.717) is 51.7 Å². The van der Waals surface area contributed by atoms with Crippen LogP contribution in [0.1, 0.15) is 0 Å². The van der Waals surface area contributed by atoms with Crippen LogP contribution in [-0.2, 0) is 23.6 Å². The summed E-state index contributed by atoms with van der Waals surface area (Å²) >= 11 is 13.0. The topological polar surface area (TPSA) is 77.1 Å². The zero-order valence-electron chi connectivity index (χ0n) is 26.0. The van der Waals surface area contributed by atoms with Crippen LogP contribution in [0.4, 0.5) is 5.69 Å². The van der Waals surface area contributed by atoms with Gasteiger partial charge in [0.1, 0.15) is 0 Å². The van der Waals surface area contributed by atoms with E-state index in [2.05, 4.69) is 0 Å². The second kappa shape index (κ2) is 15.5. The minimum atomic E-state index is -3.90. The van der Waals surface area contributed by atoms with Gasteiger partial charge in [-0.25, -0.2) is 0 Å². The summed E-state index contributed by atoms with van der Waals surface area (Å²) in [6.45, 7) is -7.80. The van der Waals surface area contributed by atoms with Gasteiger partial charge >= 0.3 is 13.3 Å². The molecule has 0 amide bonds. The first-order chi connectivity index (χ1) is 22.8. The van der Waals surface area contributed by atoms with Crippen LogP contribution >= 0.6 is 13.3 Å². The number of para-hydroxylation sites is 9. The van der Waals surface area contributed by atoms with Crippen LogP contribution in [0.2, 0.25) is 0 Å². The third kappa shape index (κ3) is 7.77. The maximum absolute atomic E-state index is 6.77. The van der Waals surface area contributed by atoms with Crippen LogP contribution < -0.4 is 41.5 Å². The maximum Gasteiger partial charge on any atom is 0.404 e. The molecule has 0 aliphatic rings. The summed E-state index contributed by atoms with van der Waals surface area (Å²) < 4.78 is 51.3. The highest BCUT2D eigenvalue weighted by Crippen LogP contribution is 2.70. The summed E-state index contributed by atoms with van der Waals surface area (Å²) in [7, 11) is 6.17. The highest BCUT2D eigenvalue weighted by molar-refractivity contribution is 8.21. The Morgan fingerprint density at radius 2 is 0.596 bits per heavy atom. The van der Waals surface area contributed by atoms with E-state index < -0.39 is 13.3 Å². The molecule has 244 valence electrons. The zero-order valence-corrected chi connectivity index (χ0v) is 29.5. The van der Waals surface area contributed by atoms with E-state index in [1.54, 1.807) is 106 Å². The van der Waals surface area contributed by atoms with Crippen molar-refractivity contribution in [3.8, 4) is 46.0 Å². The van der Waals surface area contributed by atoms with Crippen molar-refractivity contribution in [2.45, 2.75) is 0 Å². The van der Waals surface area contributed by atoms with Crippen LogP contribution in [-0.4, -0.2) is 28.4 Å². The number of methoxy groups -OCH3 is 4. The number of hydrogen-bond donors (Lipinski definition) is 0. The van der Waals surface area contributed by atoms with Crippen molar-refractivity contribution in [2.24, 2.45) is 0 Å². The van der Waals surface area contributed by atoms with Gasteiger partial charge in [-0.1, -0.05) is 66.7 Å². The van der Waals surface area contributed by atoms with Gasteiger partial charge in [0.05, 0.1) is 34.1 Å². The molecule has 0 saturated carbocycles. The average Bonchev–Trinajstić information content (AvgIpc) is 3.09. The molecule has 0 aliphatic heterocycles. The van der Waals surface area contributed by atoms with Crippen LogP contribution in [0.15, 0.2) is 127 Å². The largest absolute Gasteiger partial charge is 0.493 e. The molecule has 0 aliphatic carbocycles. The van der Waals surface area contributed by atoms with Gasteiger partial charge in [0.25, 0.3) is 0 Å². The molecule has 0 radical (unpaired) electrons. The number of anilines is 1. The van der Waals surface area contributed by atoms with Gasteiger partial charge in [-0.3, -0.25) is 0 Å². The molecule has 0 atom stereocenters. The fourth-order valence-corrected chi connectivity index (χ4v) is 12.4. The highest BCUT2D eigenvalue weighted by atomic mass is 32.5. The SMILES string of the molecule is COc1ccccc1OP(=S)(Oc1ccccc1OC)N(c1ccccc1)P(=S)(Oc1ccccc1OC)Oc1ccccc1OC. The first-order valence-electron chi connectivity index (χ1n) is 14.2. The van der Waals surface area contributed by atoms with Crippen LogP contribution in [0.5, 0.6) is 46.0 Å². The molecule has 0 unspecified atom stereocenters. The highest BCUT2D eigenvalue weighted by Gasteiger charge is 2.48. The van der Waals surface area contributed by atoms with E-state index in [1.165, 1.54) is 0 Å². The summed E-state index contributed by atoms with van der Waals surface area (Å²) in [4.78, 5) is 0. The molecule has 9 nitrogen and oxygen atoms in total. The zero-order chi connectivity index (χ0) is 33.3. The van der Waals surface area contributed by atoms with Crippen molar-refractivity contribution in [2.75, 3.05) is 32.9 Å². The van der Waals surface area contributed by atoms with Gasteiger partial charge in [-0.05, 0) is 60.7 Å². The van der Waals surface area contributed by atoms with Gasteiger partial charge in [0.2, 0.25) is 0 Å². The Balaban J connectivity index is 1.80. The second-order valence-electron chi connectivity index (χ2n) is 9.53. The van der Waals surface area contributed by atoms with Gasteiger partial charge in [0.15, 0.2) is 46.0 Å². The van der Waals surface area contributed by atoms with Gasteiger partial charge in [0, 0.05) is 23.6 Å². The van der Waals surface area contributed by atoms with Crippen LogP contribution in [0.3, 0.4) is 0 Å². The molecule has 0 N–H and O–H groups in total. The van der Waals surface area contributed by atoms with E-state index in [4.69, 9.17) is 60.7 Å². The van der Waals surface area contributed by atoms with Crippen LogP contribution in [0.25, 0.3) is 0 Å². The van der Waals surface area contributed by atoms with Crippen molar-refractivity contribution in [1.82, 2.24) is 0 Å². The molecule has 0 heterocycles. The molecule has 0 saturated heterocycles. The first kappa shape index (κ1) is 33.9. The number of ether oxygens (including phenoxy) is 4. The normalized spacial score (nSPS) is 11.1. The molecule has 13 heteroatoms. The third-order valence-electron chi connectivity index (χ3n) is 6.58. The number of rotatable bonds is 15. The Bertz CT molecular complexity index is 1670. The minimum Gasteiger partial charge on any atom is -0.493 e. The predicted octanol–water partition coefficient (Wildman–Crippen LogP) is 9.29. The summed E-state index contributed by atoms with van der Waals surface area (Å²) in [6, 6.07) is 37.7. The molecular weight excluding hydrogens is 676 g/mol. The predicted molar refractivity (Wildman–Crippen MR) is 192 cm³/mol. The molecule has 0 fully saturated rings. The van der Waals surface area contributed by atoms with Crippen molar-refractivity contribution in [3.63, 3.8) is 0 Å². The van der Waals surface area contributed by atoms with E-state index in [-0.39, 0.29) is 0 Å². The van der Waals surface area contributed by atoms with Gasteiger partial charge in [-0.15, -0.1) is 0 Å². The second-order valence-corrected chi connectivity index (χ2v) is 16.0. The van der Waals surface area contributed by atoms with Crippen molar-refractivity contribution < 1.29 is 37.0 Å². The summed E-state index contributed by atoms with van der Waals surface area (Å²) in [5, 5.41) is 0. The molecule has 47 heavy (non-hydrogen) atoms. The Hall–Kier alpha value is -4.40. The van der Waals surface area contributed by atoms with E-state index >= 15 is 0 Å². The van der Waals surface area contributed by atoms with E-state index in [9.17, 15) is 0 Å².